The lowest BCUT2D eigenvalue weighted by Crippen LogP contribution is -2.24. The molecule has 0 aliphatic carbocycles. The topological polar surface area (TPSA) is 103 Å². The number of anilines is 1. The number of nitrogens with zero attached hydrogens (tertiary/aromatic N) is 1. The highest BCUT2D eigenvalue weighted by Gasteiger charge is 2.32. The van der Waals surface area contributed by atoms with Crippen molar-refractivity contribution >= 4 is 17.6 Å². The molecule has 3 rings (SSSR count). The lowest BCUT2D eigenvalue weighted by molar-refractivity contribution is 0.0880. The predicted molar refractivity (Wildman–Crippen MR) is 74.7 cm³/mol. The molecule has 0 saturated heterocycles. The molecule has 7 nitrogen and oxygen atoms in total. The zero-order valence-electron chi connectivity index (χ0n) is 11.6. The molecule has 23 heavy (non-hydrogen) atoms. The molecule has 0 atom stereocenters. The minimum atomic E-state index is -1.26. The fourth-order valence-electron chi connectivity index (χ4n) is 2.37. The summed E-state index contributed by atoms with van der Waals surface area (Å²) >= 11 is 0. The van der Waals surface area contributed by atoms with Gasteiger partial charge in [-0.15, -0.1) is 0 Å². The molecule has 0 bridgehead atoms. The van der Waals surface area contributed by atoms with Crippen molar-refractivity contribution in [3.8, 4) is 11.4 Å². The molecule has 2 aromatic rings. The normalized spacial score (nSPS) is 13.0. The SMILES string of the molecule is COc1cc(-n2c(N)c3c(cc2=O)C(=O)NC3=O)cc(F)c1F. The van der Waals surface area contributed by atoms with Crippen LogP contribution in [0.4, 0.5) is 14.6 Å². The third kappa shape index (κ3) is 2.05. The number of benzene rings is 1. The number of hydrogen-bond donors (Lipinski definition) is 2. The third-order valence-corrected chi connectivity index (χ3v) is 3.41. The number of nitrogens with one attached hydrogen (secondary N) is 1. The Hall–Kier alpha value is -3.23. The Kier molecular flexibility index (Phi) is 3.13. The Morgan fingerprint density at radius 3 is 2.48 bits per heavy atom. The first-order valence-electron chi connectivity index (χ1n) is 6.29. The number of ether oxygens (including phenoxy) is 1. The van der Waals surface area contributed by atoms with Crippen LogP contribution in [0, 0.1) is 11.6 Å². The molecule has 0 fully saturated rings. The molecule has 118 valence electrons. The molecule has 1 aliphatic rings. The third-order valence-electron chi connectivity index (χ3n) is 3.41. The van der Waals surface area contributed by atoms with Gasteiger partial charge in [0.25, 0.3) is 17.4 Å². The average molecular weight is 321 g/mol. The molecular weight excluding hydrogens is 312 g/mol. The zero-order chi connectivity index (χ0) is 16.9. The van der Waals surface area contributed by atoms with Gasteiger partial charge in [0.2, 0.25) is 5.82 Å². The highest BCUT2D eigenvalue weighted by atomic mass is 19.2. The van der Waals surface area contributed by atoms with E-state index in [2.05, 4.69) is 0 Å². The van der Waals surface area contributed by atoms with E-state index in [1.54, 1.807) is 0 Å². The number of amides is 2. The second-order valence-corrected chi connectivity index (χ2v) is 4.72. The first-order valence-corrected chi connectivity index (χ1v) is 6.29. The van der Waals surface area contributed by atoms with Crippen LogP contribution in [0.15, 0.2) is 23.0 Å². The van der Waals surface area contributed by atoms with Crippen LogP contribution in [0.2, 0.25) is 0 Å². The van der Waals surface area contributed by atoms with E-state index >= 15 is 0 Å². The standard InChI is InChI=1S/C14H9F2N3O4/c1-23-8-3-5(2-7(15)11(8)16)19-9(20)4-6-10(12(19)17)14(22)18-13(6)21/h2-4H,17H2,1H3,(H,18,21,22). The molecule has 1 aromatic carbocycles. The maximum Gasteiger partial charge on any atom is 0.262 e. The molecule has 1 aromatic heterocycles. The summed E-state index contributed by atoms with van der Waals surface area (Å²) in [6.07, 6.45) is 0. The number of imide groups is 1. The van der Waals surface area contributed by atoms with E-state index in [1.165, 1.54) is 0 Å². The van der Waals surface area contributed by atoms with Gasteiger partial charge in [0.05, 0.1) is 23.9 Å². The van der Waals surface area contributed by atoms with Crippen LogP contribution in [-0.4, -0.2) is 23.5 Å². The largest absolute Gasteiger partial charge is 0.493 e. The summed E-state index contributed by atoms with van der Waals surface area (Å²) in [6, 6.07) is 2.69. The van der Waals surface area contributed by atoms with Crippen molar-refractivity contribution in [2.24, 2.45) is 0 Å². The number of carbonyl (C=O) groups excluding carboxylic acids is 2. The van der Waals surface area contributed by atoms with Gasteiger partial charge in [0.1, 0.15) is 5.82 Å². The number of nitrogen functional groups attached to an aromatic ring is 1. The fraction of sp³-hybridized carbons (Fsp3) is 0.0714. The minimum Gasteiger partial charge on any atom is -0.493 e. The first-order chi connectivity index (χ1) is 10.8. The molecule has 3 N–H and O–H groups in total. The van der Waals surface area contributed by atoms with Crippen molar-refractivity contribution in [1.29, 1.82) is 0 Å². The van der Waals surface area contributed by atoms with Crippen molar-refractivity contribution < 1.29 is 23.1 Å². The maximum absolute atomic E-state index is 13.6. The highest BCUT2D eigenvalue weighted by molar-refractivity contribution is 6.23. The van der Waals surface area contributed by atoms with Crippen molar-refractivity contribution in [2.75, 3.05) is 12.8 Å². The van der Waals surface area contributed by atoms with Crippen molar-refractivity contribution in [1.82, 2.24) is 9.88 Å². The molecule has 0 saturated carbocycles. The summed E-state index contributed by atoms with van der Waals surface area (Å²) in [5.74, 6) is -4.80. The number of carbonyl (C=O) groups is 2. The first kappa shape index (κ1) is 14.7. The smallest absolute Gasteiger partial charge is 0.262 e. The van der Waals surface area contributed by atoms with Crippen LogP contribution in [-0.2, 0) is 0 Å². The van der Waals surface area contributed by atoms with E-state index in [0.29, 0.717) is 0 Å². The van der Waals surface area contributed by atoms with Crippen LogP contribution < -0.4 is 21.3 Å². The number of pyridine rings is 1. The van der Waals surface area contributed by atoms with Crippen LogP contribution in [0.1, 0.15) is 20.7 Å². The molecule has 2 heterocycles. The molecule has 0 unspecified atom stereocenters. The molecule has 2 amide bonds. The average Bonchev–Trinajstić information content (AvgIpc) is 2.77. The summed E-state index contributed by atoms with van der Waals surface area (Å²) in [4.78, 5) is 35.5. The van der Waals surface area contributed by atoms with Gasteiger partial charge >= 0.3 is 0 Å². The van der Waals surface area contributed by atoms with Gasteiger partial charge in [-0.1, -0.05) is 0 Å². The van der Waals surface area contributed by atoms with Gasteiger partial charge in [-0.05, 0) is 0 Å². The molecular formula is C14H9F2N3O4. The van der Waals surface area contributed by atoms with Gasteiger partial charge in [0.15, 0.2) is 11.6 Å². The van der Waals surface area contributed by atoms with Crippen LogP contribution >= 0.6 is 0 Å². The molecule has 9 heteroatoms. The van der Waals surface area contributed by atoms with Crippen molar-refractivity contribution in [2.45, 2.75) is 0 Å². The minimum absolute atomic E-state index is 0.141. The summed E-state index contributed by atoms with van der Waals surface area (Å²) < 4.78 is 32.6. The van der Waals surface area contributed by atoms with Gasteiger partial charge in [-0.2, -0.15) is 4.39 Å². The Morgan fingerprint density at radius 1 is 1.13 bits per heavy atom. The Balaban J connectivity index is 2.33. The lowest BCUT2D eigenvalue weighted by Gasteiger charge is -2.13. The van der Waals surface area contributed by atoms with E-state index in [1.807, 2.05) is 5.32 Å². The van der Waals surface area contributed by atoms with Gasteiger partial charge in [0, 0.05) is 18.2 Å². The second kappa shape index (κ2) is 4.90. The number of methoxy groups -OCH3 is 1. The summed E-state index contributed by atoms with van der Waals surface area (Å²) in [5, 5.41) is 2.00. The zero-order valence-corrected chi connectivity index (χ0v) is 11.6. The van der Waals surface area contributed by atoms with E-state index < -0.39 is 34.8 Å². The van der Waals surface area contributed by atoms with Crippen molar-refractivity contribution in [3.63, 3.8) is 0 Å². The number of fused-ring (bicyclic) bond motifs is 1. The number of halogens is 2. The van der Waals surface area contributed by atoms with Crippen LogP contribution in [0.5, 0.6) is 5.75 Å². The van der Waals surface area contributed by atoms with Gasteiger partial charge in [-0.25, -0.2) is 4.39 Å². The van der Waals surface area contributed by atoms with Gasteiger partial charge < -0.3 is 10.5 Å². The Bertz CT molecular complexity index is 937. The molecule has 0 radical (unpaired) electrons. The number of rotatable bonds is 2. The lowest BCUT2D eigenvalue weighted by atomic mass is 10.1. The number of hydrogen-bond acceptors (Lipinski definition) is 5. The maximum atomic E-state index is 13.6. The monoisotopic (exact) mass is 321 g/mol. The van der Waals surface area contributed by atoms with Crippen LogP contribution in [0.25, 0.3) is 5.69 Å². The fourth-order valence-corrected chi connectivity index (χ4v) is 2.37. The number of aromatic nitrogens is 1. The summed E-state index contributed by atoms with van der Waals surface area (Å²) in [6.45, 7) is 0. The van der Waals surface area contributed by atoms with Crippen molar-refractivity contribution in [3.05, 3.63) is 51.3 Å². The number of nitrogens with two attached hydrogens (primary N) is 1. The molecule has 1 aliphatic heterocycles. The van der Waals surface area contributed by atoms with E-state index in [4.69, 9.17) is 10.5 Å². The Labute approximate surface area is 127 Å². The van der Waals surface area contributed by atoms with E-state index in [9.17, 15) is 23.2 Å². The Morgan fingerprint density at radius 2 is 1.83 bits per heavy atom. The summed E-state index contributed by atoms with van der Waals surface area (Å²) in [7, 11) is 1.13. The molecule has 0 spiro atoms. The van der Waals surface area contributed by atoms with E-state index in [0.717, 1.165) is 29.9 Å². The van der Waals surface area contributed by atoms with Gasteiger partial charge in [-0.3, -0.25) is 24.3 Å². The highest BCUT2D eigenvalue weighted by Crippen LogP contribution is 2.27. The van der Waals surface area contributed by atoms with E-state index in [-0.39, 0.29) is 22.6 Å². The van der Waals surface area contributed by atoms with Crippen LogP contribution in [0.3, 0.4) is 0 Å². The predicted octanol–water partition coefficient (Wildman–Crippen LogP) is 0.590. The summed E-state index contributed by atoms with van der Waals surface area (Å²) in [5.41, 5.74) is 4.51. The quantitative estimate of drug-likeness (QED) is 0.788. The second-order valence-electron chi connectivity index (χ2n) is 4.72.